The molecule has 0 aliphatic rings. The number of nitrogens with zero attached hydrogens (tertiary/aromatic N) is 6. The maximum absolute atomic E-state index is 11.7. The van der Waals surface area contributed by atoms with Crippen LogP contribution in [0.5, 0.6) is 0 Å². The molecule has 2 rings (SSSR count). The topological polar surface area (TPSA) is 99.2 Å². The molecular weight excluding hydrogens is 320 g/mol. The first-order chi connectivity index (χ1) is 12.0. The van der Waals surface area contributed by atoms with Gasteiger partial charge in [-0.15, -0.1) is 0 Å². The first-order valence-electron chi connectivity index (χ1n) is 8.47. The van der Waals surface area contributed by atoms with Crippen molar-refractivity contribution in [3.05, 3.63) is 6.20 Å². The Bertz CT molecular complexity index is 733. The molecule has 2 aromatic rings. The number of aromatic nitrogens is 4. The number of anilines is 3. The molecule has 2 aromatic heterocycles. The van der Waals surface area contributed by atoms with E-state index in [9.17, 15) is 4.79 Å². The van der Waals surface area contributed by atoms with Crippen molar-refractivity contribution in [3.8, 4) is 0 Å². The summed E-state index contributed by atoms with van der Waals surface area (Å²) >= 11 is 0. The van der Waals surface area contributed by atoms with Crippen LogP contribution in [-0.4, -0.2) is 58.0 Å². The maximum Gasteiger partial charge on any atom is 0.242 e. The highest BCUT2D eigenvalue weighted by atomic mass is 16.2. The molecule has 0 aliphatic carbocycles. The molecule has 0 unspecified atom stereocenters. The second kappa shape index (κ2) is 8.41. The standard InChI is InChI=1S/C16H26N8O/c1-6-8-17-15-19-12-10-18-16(22-24(9-7-2)11(3)25)20-13(12)14(21-15)23(4)5/h10H,6-9H2,1-5H3,(H,17,19,21)(H,18,20,22). The van der Waals surface area contributed by atoms with Gasteiger partial charge >= 0.3 is 0 Å². The van der Waals surface area contributed by atoms with Gasteiger partial charge < -0.3 is 10.2 Å². The lowest BCUT2D eigenvalue weighted by molar-refractivity contribution is -0.127. The van der Waals surface area contributed by atoms with E-state index in [-0.39, 0.29) is 5.91 Å². The quantitative estimate of drug-likeness (QED) is 0.699. The lowest BCUT2D eigenvalue weighted by Gasteiger charge is -2.21. The molecule has 0 aliphatic heterocycles. The molecule has 2 N–H and O–H groups in total. The monoisotopic (exact) mass is 346 g/mol. The van der Waals surface area contributed by atoms with Gasteiger partial charge in [-0.05, 0) is 12.8 Å². The molecule has 0 atom stereocenters. The summed E-state index contributed by atoms with van der Waals surface area (Å²) in [5.74, 6) is 1.50. The van der Waals surface area contributed by atoms with Crippen molar-refractivity contribution in [1.82, 2.24) is 24.9 Å². The van der Waals surface area contributed by atoms with E-state index in [1.165, 1.54) is 11.9 Å². The third kappa shape index (κ3) is 4.65. The van der Waals surface area contributed by atoms with Crippen LogP contribution in [0.3, 0.4) is 0 Å². The molecule has 0 spiro atoms. The number of nitrogens with one attached hydrogen (secondary N) is 2. The fraction of sp³-hybridized carbons (Fsp3) is 0.562. The van der Waals surface area contributed by atoms with E-state index in [0.29, 0.717) is 35.3 Å². The van der Waals surface area contributed by atoms with Gasteiger partial charge in [0.2, 0.25) is 17.8 Å². The summed E-state index contributed by atoms with van der Waals surface area (Å²) in [6.45, 7) is 6.96. The largest absolute Gasteiger partial charge is 0.361 e. The van der Waals surface area contributed by atoms with Gasteiger partial charge in [0, 0.05) is 34.1 Å². The third-order valence-corrected chi connectivity index (χ3v) is 3.44. The first-order valence-corrected chi connectivity index (χ1v) is 8.47. The van der Waals surface area contributed by atoms with Crippen LogP contribution >= 0.6 is 0 Å². The number of fused-ring (bicyclic) bond motifs is 1. The summed E-state index contributed by atoms with van der Waals surface area (Å²) in [7, 11) is 3.80. The maximum atomic E-state index is 11.7. The number of amides is 1. The Kier molecular flexibility index (Phi) is 6.26. The number of hydrazine groups is 1. The highest BCUT2D eigenvalue weighted by Gasteiger charge is 2.14. The fourth-order valence-corrected chi connectivity index (χ4v) is 2.23. The molecule has 25 heavy (non-hydrogen) atoms. The van der Waals surface area contributed by atoms with Crippen molar-refractivity contribution in [3.63, 3.8) is 0 Å². The van der Waals surface area contributed by atoms with Gasteiger partial charge in [-0.3, -0.25) is 15.2 Å². The Morgan fingerprint density at radius 1 is 1.12 bits per heavy atom. The third-order valence-electron chi connectivity index (χ3n) is 3.44. The predicted molar refractivity (Wildman–Crippen MR) is 99.5 cm³/mol. The molecule has 9 nitrogen and oxygen atoms in total. The van der Waals surface area contributed by atoms with Gasteiger partial charge in [0.05, 0.1) is 6.20 Å². The number of hydrogen-bond donors (Lipinski definition) is 2. The van der Waals surface area contributed by atoms with E-state index in [2.05, 4.69) is 37.6 Å². The van der Waals surface area contributed by atoms with Gasteiger partial charge in [0.25, 0.3) is 0 Å². The Labute approximate surface area is 147 Å². The predicted octanol–water partition coefficient (Wildman–Crippen LogP) is 1.89. The first kappa shape index (κ1) is 18.6. The molecular formula is C16H26N8O. The number of rotatable bonds is 8. The van der Waals surface area contributed by atoms with Crippen molar-refractivity contribution in [2.75, 3.05) is 42.8 Å². The SMILES string of the molecule is CCCNc1nc(N(C)C)c2nc(NN(CCC)C(C)=O)ncc2n1. The number of carbonyl (C=O) groups is 1. The minimum Gasteiger partial charge on any atom is -0.361 e. The lowest BCUT2D eigenvalue weighted by atomic mass is 10.4. The Balaban J connectivity index is 2.40. The van der Waals surface area contributed by atoms with Crippen LogP contribution in [0, 0.1) is 0 Å². The van der Waals surface area contributed by atoms with Crippen molar-refractivity contribution in [2.24, 2.45) is 0 Å². The van der Waals surface area contributed by atoms with Crippen LogP contribution in [0.25, 0.3) is 11.0 Å². The molecule has 0 bridgehead atoms. The molecule has 9 heteroatoms. The van der Waals surface area contributed by atoms with E-state index in [4.69, 9.17) is 0 Å². The zero-order valence-corrected chi connectivity index (χ0v) is 15.5. The van der Waals surface area contributed by atoms with Gasteiger partial charge in [0.15, 0.2) is 5.82 Å². The highest BCUT2D eigenvalue weighted by molar-refractivity contribution is 5.87. The smallest absolute Gasteiger partial charge is 0.242 e. The minimum atomic E-state index is -0.0891. The van der Waals surface area contributed by atoms with Crippen LogP contribution in [0.15, 0.2) is 6.20 Å². The summed E-state index contributed by atoms with van der Waals surface area (Å²) in [5.41, 5.74) is 4.23. The zero-order chi connectivity index (χ0) is 18.4. The number of carbonyl (C=O) groups excluding carboxylic acids is 1. The second-order valence-corrected chi connectivity index (χ2v) is 5.90. The summed E-state index contributed by atoms with van der Waals surface area (Å²) in [5, 5.41) is 4.68. The Hall–Kier alpha value is -2.71. The average Bonchev–Trinajstić information content (AvgIpc) is 2.58. The fourth-order valence-electron chi connectivity index (χ4n) is 2.23. The van der Waals surface area contributed by atoms with Crippen LogP contribution < -0.4 is 15.6 Å². The summed E-state index contributed by atoms with van der Waals surface area (Å²) in [4.78, 5) is 31.4. The van der Waals surface area contributed by atoms with Crippen molar-refractivity contribution in [2.45, 2.75) is 33.6 Å². The summed E-state index contributed by atoms with van der Waals surface area (Å²) in [6.07, 6.45) is 3.45. The van der Waals surface area contributed by atoms with Crippen molar-refractivity contribution >= 4 is 34.7 Å². The summed E-state index contributed by atoms with van der Waals surface area (Å²) < 4.78 is 0. The Morgan fingerprint density at radius 2 is 1.88 bits per heavy atom. The van der Waals surface area contributed by atoms with Gasteiger partial charge in [-0.2, -0.15) is 4.98 Å². The van der Waals surface area contributed by atoms with Crippen LogP contribution in [0.2, 0.25) is 0 Å². The number of hydrogen-bond acceptors (Lipinski definition) is 8. The van der Waals surface area contributed by atoms with Gasteiger partial charge in [0.1, 0.15) is 11.0 Å². The van der Waals surface area contributed by atoms with Crippen LogP contribution in [-0.2, 0) is 4.79 Å². The molecule has 136 valence electrons. The molecule has 0 aromatic carbocycles. The highest BCUT2D eigenvalue weighted by Crippen LogP contribution is 2.22. The van der Waals surface area contributed by atoms with E-state index >= 15 is 0 Å². The molecule has 0 fully saturated rings. The average molecular weight is 346 g/mol. The zero-order valence-electron chi connectivity index (χ0n) is 15.5. The van der Waals surface area contributed by atoms with E-state index in [1.807, 2.05) is 25.9 Å². The molecule has 1 amide bonds. The molecule has 2 heterocycles. The minimum absolute atomic E-state index is 0.0891. The second-order valence-electron chi connectivity index (χ2n) is 5.90. The van der Waals surface area contributed by atoms with E-state index in [0.717, 1.165) is 19.4 Å². The van der Waals surface area contributed by atoms with E-state index in [1.54, 1.807) is 6.20 Å². The van der Waals surface area contributed by atoms with Crippen molar-refractivity contribution in [1.29, 1.82) is 0 Å². The van der Waals surface area contributed by atoms with Crippen LogP contribution in [0.1, 0.15) is 33.6 Å². The van der Waals surface area contributed by atoms with Crippen LogP contribution in [0.4, 0.5) is 17.7 Å². The van der Waals surface area contributed by atoms with Gasteiger partial charge in [-0.25, -0.2) is 15.0 Å². The molecule has 0 saturated carbocycles. The summed E-state index contributed by atoms with van der Waals surface area (Å²) in [6, 6.07) is 0. The van der Waals surface area contributed by atoms with Gasteiger partial charge in [-0.1, -0.05) is 13.8 Å². The Morgan fingerprint density at radius 3 is 2.48 bits per heavy atom. The van der Waals surface area contributed by atoms with E-state index < -0.39 is 0 Å². The normalized spacial score (nSPS) is 10.6. The lowest BCUT2D eigenvalue weighted by Crippen LogP contribution is -2.35. The molecule has 0 radical (unpaired) electrons. The molecule has 0 saturated heterocycles. The van der Waals surface area contributed by atoms with Crippen molar-refractivity contribution < 1.29 is 4.79 Å².